The van der Waals surface area contributed by atoms with Crippen LogP contribution in [0.5, 0.6) is 0 Å². The second-order valence-electron chi connectivity index (χ2n) is 11.4. The Labute approximate surface area is 204 Å². The molecule has 34 heavy (non-hydrogen) atoms. The molecule has 1 aromatic carbocycles. The van der Waals surface area contributed by atoms with E-state index in [0.29, 0.717) is 16.5 Å². The normalized spacial score (nSPS) is 19.3. The summed E-state index contributed by atoms with van der Waals surface area (Å²) >= 11 is 0. The van der Waals surface area contributed by atoms with Crippen LogP contribution in [0.25, 0.3) is 0 Å². The summed E-state index contributed by atoms with van der Waals surface area (Å²) < 4.78 is 5.25. The first kappa shape index (κ1) is 26.2. The van der Waals surface area contributed by atoms with Gasteiger partial charge in [0, 0.05) is 18.0 Å². The van der Waals surface area contributed by atoms with Gasteiger partial charge in [0.2, 0.25) is 0 Å². The number of benzene rings is 1. The molecular formula is C27H41N3O4. The highest BCUT2D eigenvalue weighted by molar-refractivity contribution is 5.99. The van der Waals surface area contributed by atoms with Crippen molar-refractivity contribution >= 4 is 17.8 Å². The van der Waals surface area contributed by atoms with Crippen LogP contribution in [0.15, 0.2) is 12.1 Å². The number of rotatable bonds is 6. The van der Waals surface area contributed by atoms with Gasteiger partial charge in [-0.15, -0.1) is 0 Å². The van der Waals surface area contributed by atoms with Crippen LogP contribution in [-0.4, -0.2) is 60.5 Å². The predicted octanol–water partition coefficient (Wildman–Crippen LogP) is 3.93. The van der Waals surface area contributed by atoms with E-state index in [-0.39, 0.29) is 24.2 Å². The monoisotopic (exact) mass is 471 g/mol. The minimum Gasteiger partial charge on any atom is -0.444 e. The Morgan fingerprint density at radius 2 is 1.76 bits per heavy atom. The van der Waals surface area contributed by atoms with Crippen molar-refractivity contribution in [2.75, 3.05) is 20.1 Å². The topological polar surface area (TPSA) is 87.7 Å². The van der Waals surface area contributed by atoms with Gasteiger partial charge in [0.1, 0.15) is 5.60 Å². The van der Waals surface area contributed by atoms with Crippen LogP contribution in [0, 0.1) is 19.3 Å². The van der Waals surface area contributed by atoms with Crippen molar-refractivity contribution in [2.45, 2.75) is 91.3 Å². The third kappa shape index (κ3) is 6.38. The molecule has 1 aromatic rings. The average Bonchev–Trinajstić information content (AvgIpc) is 2.69. The highest BCUT2D eigenvalue weighted by Gasteiger charge is 2.46. The second kappa shape index (κ2) is 10.1. The number of aryl methyl sites for hydroxylation is 1. The molecule has 3 rings (SSSR count). The number of piperidine rings is 1. The average molecular weight is 472 g/mol. The molecule has 0 unspecified atom stereocenters. The van der Waals surface area contributed by atoms with Gasteiger partial charge in [-0.25, -0.2) is 4.79 Å². The summed E-state index contributed by atoms with van der Waals surface area (Å²) in [7, 11) is 2.16. The molecule has 0 bridgehead atoms. The van der Waals surface area contributed by atoms with E-state index in [0.717, 1.165) is 37.1 Å². The van der Waals surface area contributed by atoms with Crippen molar-refractivity contribution in [1.82, 2.24) is 15.5 Å². The first-order valence-electron chi connectivity index (χ1n) is 12.4. The summed E-state index contributed by atoms with van der Waals surface area (Å²) in [6.07, 6.45) is 3.90. The van der Waals surface area contributed by atoms with E-state index in [9.17, 15) is 14.4 Å². The maximum Gasteiger partial charge on any atom is 0.408 e. The zero-order valence-corrected chi connectivity index (χ0v) is 21.8. The van der Waals surface area contributed by atoms with Crippen LogP contribution in [0.1, 0.15) is 80.4 Å². The Bertz CT molecular complexity index is 934. The molecule has 1 heterocycles. The first-order chi connectivity index (χ1) is 15.8. The standard InChI is InChI=1S/C27H41N3O4/c1-17-8-9-20(14-22(31)19(3)28-25(33)34-26(4,5)6)23(18(17)2)24(32)29-21-15-27(16-21)10-12-30(7)13-11-27/h8-9,19,21H,10-16H2,1-7H3,(H,28,33)(H,29,32)/t19-/m0/s1. The van der Waals surface area contributed by atoms with Crippen molar-refractivity contribution in [3.8, 4) is 0 Å². The fourth-order valence-corrected chi connectivity index (χ4v) is 5.09. The number of ether oxygens (including phenoxy) is 1. The number of likely N-dealkylation sites (tertiary alicyclic amines) is 1. The summed E-state index contributed by atoms with van der Waals surface area (Å²) in [6, 6.07) is 3.27. The van der Waals surface area contributed by atoms with Gasteiger partial charge >= 0.3 is 6.09 Å². The number of carbonyl (C=O) groups is 3. The number of ketones is 1. The molecule has 1 spiro atoms. The molecule has 7 nitrogen and oxygen atoms in total. The summed E-state index contributed by atoms with van der Waals surface area (Å²) in [6.45, 7) is 13.1. The van der Waals surface area contributed by atoms with Gasteiger partial charge in [-0.1, -0.05) is 12.1 Å². The maximum atomic E-state index is 13.3. The Morgan fingerprint density at radius 1 is 1.15 bits per heavy atom. The molecule has 1 saturated carbocycles. The third-order valence-corrected chi connectivity index (χ3v) is 7.37. The van der Waals surface area contributed by atoms with E-state index >= 15 is 0 Å². The number of nitrogens with zero attached hydrogens (tertiary/aromatic N) is 1. The second-order valence-corrected chi connectivity index (χ2v) is 11.4. The van der Waals surface area contributed by atoms with Crippen LogP contribution >= 0.6 is 0 Å². The molecule has 1 aliphatic heterocycles. The van der Waals surface area contributed by atoms with Gasteiger partial charge < -0.3 is 20.3 Å². The third-order valence-electron chi connectivity index (χ3n) is 7.37. The van der Waals surface area contributed by atoms with Crippen LogP contribution < -0.4 is 10.6 Å². The van der Waals surface area contributed by atoms with E-state index in [2.05, 4.69) is 22.6 Å². The van der Waals surface area contributed by atoms with E-state index in [1.54, 1.807) is 27.7 Å². The molecule has 7 heteroatoms. The zero-order valence-electron chi connectivity index (χ0n) is 21.8. The number of carbonyl (C=O) groups excluding carboxylic acids is 3. The zero-order chi connectivity index (χ0) is 25.3. The lowest BCUT2D eigenvalue weighted by atomic mass is 9.60. The molecule has 0 aromatic heterocycles. The molecule has 188 valence electrons. The van der Waals surface area contributed by atoms with Crippen LogP contribution in [0.2, 0.25) is 0 Å². The van der Waals surface area contributed by atoms with E-state index < -0.39 is 17.7 Å². The molecule has 2 fully saturated rings. The Morgan fingerprint density at radius 3 is 2.35 bits per heavy atom. The van der Waals surface area contributed by atoms with Crippen LogP contribution in [0.3, 0.4) is 0 Å². The van der Waals surface area contributed by atoms with Crippen molar-refractivity contribution in [2.24, 2.45) is 5.41 Å². The lowest BCUT2D eigenvalue weighted by Crippen LogP contribution is -2.54. The number of Topliss-reactive ketones (excluding diaryl/α,β-unsaturated/α-hetero) is 1. The van der Waals surface area contributed by atoms with Crippen LogP contribution in [-0.2, 0) is 16.0 Å². The highest BCUT2D eigenvalue weighted by Crippen LogP contribution is 2.49. The Kier molecular flexibility index (Phi) is 7.75. The number of hydrogen-bond acceptors (Lipinski definition) is 5. The molecule has 0 radical (unpaired) electrons. The van der Waals surface area contributed by atoms with Crippen molar-refractivity contribution in [3.05, 3.63) is 34.4 Å². The summed E-state index contributed by atoms with van der Waals surface area (Å²) in [5.74, 6) is -0.276. The lowest BCUT2D eigenvalue weighted by molar-refractivity contribution is -0.120. The SMILES string of the molecule is Cc1ccc(CC(=O)[C@H](C)NC(=O)OC(C)(C)C)c(C(=O)NC2CC3(CCN(C)CC3)C2)c1C. The minimum atomic E-state index is -0.719. The van der Waals surface area contributed by atoms with E-state index in [4.69, 9.17) is 4.74 Å². The molecule has 2 aliphatic rings. The lowest BCUT2D eigenvalue weighted by Gasteiger charge is -2.52. The molecule has 2 N–H and O–H groups in total. The predicted molar refractivity (Wildman–Crippen MR) is 133 cm³/mol. The Balaban J connectivity index is 1.64. The fraction of sp³-hybridized carbons (Fsp3) is 0.667. The molecule has 1 saturated heterocycles. The van der Waals surface area contributed by atoms with Gasteiger partial charge in [-0.05, 0) is 109 Å². The number of hydrogen-bond donors (Lipinski definition) is 2. The van der Waals surface area contributed by atoms with Crippen molar-refractivity contribution < 1.29 is 19.1 Å². The van der Waals surface area contributed by atoms with Crippen molar-refractivity contribution in [1.29, 1.82) is 0 Å². The smallest absolute Gasteiger partial charge is 0.408 e. The van der Waals surface area contributed by atoms with Crippen LogP contribution in [0.4, 0.5) is 4.79 Å². The van der Waals surface area contributed by atoms with E-state index in [1.807, 2.05) is 26.0 Å². The molecule has 2 amide bonds. The maximum absolute atomic E-state index is 13.3. The van der Waals surface area contributed by atoms with Gasteiger partial charge in [0.05, 0.1) is 6.04 Å². The Hall–Kier alpha value is -2.41. The fourth-order valence-electron chi connectivity index (χ4n) is 5.09. The van der Waals surface area contributed by atoms with Gasteiger partial charge in [-0.3, -0.25) is 9.59 Å². The van der Waals surface area contributed by atoms with Crippen molar-refractivity contribution in [3.63, 3.8) is 0 Å². The van der Waals surface area contributed by atoms with Gasteiger partial charge in [0.25, 0.3) is 5.91 Å². The number of amides is 2. The summed E-state index contributed by atoms with van der Waals surface area (Å²) in [5.41, 5.74) is 2.93. The first-order valence-corrected chi connectivity index (χ1v) is 12.4. The number of nitrogens with one attached hydrogen (secondary N) is 2. The largest absolute Gasteiger partial charge is 0.444 e. The molecular weight excluding hydrogens is 430 g/mol. The quantitative estimate of drug-likeness (QED) is 0.656. The summed E-state index contributed by atoms with van der Waals surface area (Å²) in [4.78, 5) is 40.7. The van der Waals surface area contributed by atoms with E-state index in [1.165, 1.54) is 12.8 Å². The minimum absolute atomic E-state index is 0.0712. The van der Waals surface area contributed by atoms with Gasteiger partial charge in [0.15, 0.2) is 5.78 Å². The molecule has 1 aliphatic carbocycles. The van der Waals surface area contributed by atoms with Gasteiger partial charge in [-0.2, -0.15) is 0 Å². The number of alkyl carbamates (subject to hydrolysis) is 1. The molecule has 1 atom stereocenters. The summed E-state index contributed by atoms with van der Waals surface area (Å²) in [5, 5.41) is 5.83. The highest BCUT2D eigenvalue weighted by atomic mass is 16.6.